The van der Waals surface area contributed by atoms with E-state index in [1.165, 1.54) is 5.56 Å². The molecule has 0 atom stereocenters. The Kier molecular flexibility index (Phi) is 3.31. The summed E-state index contributed by atoms with van der Waals surface area (Å²) in [7, 11) is 0. The fraction of sp³-hybridized carbons (Fsp3) is 0.167. The molecule has 0 radical (unpaired) electrons. The van der Waals surface area contributed by atoms with Crippen LogP contribution >= 0.6 is 23.6 Å². The average molecular weight is 248 g/mol. The fourth-order valence-electron chi connectivity index (χ4n) is 1.40. The van der Waals surface area contributed by atoms with Crippen LogP contribution in [0.2, 0.25) is 0 Å². The monoisotopic (exact) mass is 248 g/mol. The minimum atomic E-state index is 0.354. The Labute approximate surface area is 104 Å². The van der Waals surface area contributed by atoms with Gasteiger partial charge in [0.05, 0.1) is 0 Å². The number of nitrogens with two attached hydrogens (primary N) is 1. The quantitative estimate of drug-likeness (QED) is 0.849. The lowest BCUT2D eigenvalue weighted by atomic mass is 10.1. The highest BCUT2D eigenvalue weighted by atomic mass is 32.1. The molecule has 0 bridgehead atoms. The van der Waals surface area contributed by atoms with Crippen LogP contribution in [0.4, 0.5) is 0 Å². The molecule has 16 heavy (non-hydrogen) atoms. The molecular weight excluding hydrogens is 236 g/mol. The van der Waals surface area contributed by atoms with E-state index in [9.17, 15) is 0 Å². The number of thiocarbonyl (C=S) groups is 1. The van der Waals surface area contributed by atoms with Gasteiger partial charge in [-0.1, -0.05) is 43.4 Å². The summed E-state index contributed by atoms with van der Waals surface area (Å²) in [5.74, 6) is 0. The van der Waals surface area contributed by atoms with Crippen LogP contribution in [-0.2, 0) is 6.42 Å². The largest absolute Gasteiger partial charge is 0.388 e. The van der Waals surface area contributed by atoms with Crippen molar-refractivity contribution in [1.29, 1.82) is 0 Å². The maximum absolute atomic E-state index is 5.53. The Balaban J connectivity index is 2.31. The first-order valence-corrected chi connectivity index (χ1v) is 6.34. The Morgan fingerprint density at radius 2 is 2.06 bits per heavy atom. The van der Waals surface area contributed by atoms with E-state index >= 15 is 0 Å². The second-order valence-electron chi connectivity index (χ2n) is 3.45. The van der Waals surface area contributed by atoms with E-state index in [-0.39, 0.29) is 0 Å². The van der Waals surface area contributed by atoms with Crippen LogP contribution in [0.15, 0.2) is 29.6 Å². The zero-order valence-corrected chi connectivity index (χ0v) is 10.6. The minimum absolute atomic E-state index is 0.354. The molecule has 0 amide bonds. The van der Waals surface area contributed by atoms with Crippen molar-refractivity contribution >= 4 is 28.5 Å². The molecule has 0 saturated carbocycles. The lowest BCUT2D eigenvalue weighted by Gasteiger charge is -1.98. The molecule has 0 unspecified atom stereocenters. The molecule has 0 saturated heterocycles. The van der Waals surface area contributed by atoms with E-state index in [2.05, 4.69) is 36.2 Å². The highest BCUT2D eigenvalue weighted by Crippen LogP contribution is 2.24. The summed E-state index contributed by atoms with van der Waals surface area (Å²) in [6.45, 7) is 2.14. The molecule has 0 aliphatic rings. The van der Waals surface area contributed by atoms with Gasteiger partial charge in [0, 0.05) is 10.9 Å². The number of thiazole rings is 1. The van der Waals surface area contributed by atoms with Crippen LogP contribution in [0.5, 0.6) is 0 Å². The van der Waals surface area contributed by atoms with Gasteiger partial charge in [0.2, 0.25) is 0 Å². The Bertz CT molecular complexity index is 500. The summed E-state index contributed by atoms with van der Waals surface area (Å²) in [6.07, 6.45) is 1.05. The smallest absolute Gasteiger partial charge is 0.124 e. The van der Waals surface area contributed by atoms with E-state index in [1.54, 1.807) is 11.3 Å². The van der Waals surface area contributed by atoms with Crippen molar-refractivity contribution < 1.29 is 0 Å². The van der Waals surface area contributed by atoms with E-state index in [1.807, 2.05) is 5.38 Å². The first-order chi connectivity index (χ1) is 7.70. The van der Waals surface area contributed by atoms with E-state index in [0.29, 0.717) is 10.7 Å². The third-order valence-electron chi connectivity index (χ3n) is 2.37. The third-order valence-corrected chi connectivity index (χ3v) is 3.47. The Hall–Kier alpha value is -1.26. The van der Waals surface area contributed by atoms with Gasteiger partial charge < -0.3 is 5.73 Å². The third kappa shape index (κ3) is 2.28. The molecule has 1 aromatic carbocycles. The highest BCUT2D eigenvalue weighted by Gasteiger charge is 2.05. The topological polar surface area (TPSA) is 38.9 Å². The molecule has 2 N–H and O–H groups in total. The van der Waals surface area contributed by atoms with Gasteiger partial charge in [0.1, 0.15) is 15.7 Å². The molecule has 2 aromatic rings. The van der Waals surface area contributed by atoms with Crippen molar-refractivity contribution in [3.8, 4) is 10.6 Å². The number of rotatable bonds is 3. The zero-order chi connectivity index (χ0) is 11.5. The maximum Gasteiger partial charge on any atom is 0.124 e. The van der Waals surface area contributed by atoms with Crippen LogP contribution in [0, 0.1) is 0 Å². The molecule has 82 valence electrons. The lowest BCUT2D eigenvalue weighted by Crippen LogP contribution is -2.09. The molecule has 0 aliphatic carbocycles. The number of hydrogen-bond donors (Lipinski definition) is 1. The van der Waals surface area contributed by atoms with Crippen molar-refractivity contribution in [2.24, 2.45) is 5.73 Å². The van der Waals surface area contributed by atoms with E-state index in [4.69, 9.17) is 18.0 Å². The highest BCUT2D eigenvalue weighted by molar-refractivity contribution is 7.80. The minimum Gasteiger partial charge on any atom is -0.388 e. The lowest BCUT2D eigenvalue weighted by molar-refractivity contribution is 1.14. The molecule has 0 fully saturated rings. The summed E-state index contributed by atoms with van der Waals surface area (Å²) in [4.78, 5) is 4.74. The normalized spacial score (nSPS) is 10.3. The number of aryl methyl sites for hydroxylation is 1. The predicted molar refractivity (Wildman–Crippen MR) is 72.8 cm³/mol. The summed E-state index contributed by atoms with van der Waals surface area (Å²) in [5, 5.41) is 2.86. The Morgan fingerprint density at radius 3 is 2.56 bits per heavy atom. The van der Waals surface area contributed by atoms with E-state index < -0.39 is 0 Å². The SMILES string of the molecule is CCc1ccc(-c2nc(C(N)=S)cs2)cc1. The van der Waals surface area contributed by atoms with Gasteiger partial charge in [-0.3, -0.25) is 0 Å². The van der Waals surface area contributed by atoms with Crippen molar-refractivity contribution in [3.63, 3.8) is 0 Å². The zero-order valence-electron chi connectivity index (χ0n) is 8.93. The van der Waals surface area contributed by atoms with Crippen LogP contribution in [0.3, 0.4) is 0 Å². The van der Waals surface area contributed by atoms with Gasteiger partial charge in [-0.05, 0) is 12.0 Å². The number of aromatic nitrogens is 1. The van der Waals surface area contributed by atoms with Gasteiger partial charge >= 0.3 is 0 Å². The first kappa shape index (κ1) is 11.2. The molecule has 1 aromatic heterocycles. The van der Waals surface area contributed by atoms with Crippen LogP contribution in [0.1, 0.15) is 18.2 Å². The van der Waals surface area contributed by atoms with Gasteiger partial charge in [0.15, 0.2) is 0 Å². The van der Waals surface area contributed by atoms with Crippen molar-refractivity contribution in [3.05, 3.63) is 40.9 Å². The molecular formula is C12H12N2S2. The molecule has 2 rings (SSSR count). The summed E-state index contributed by atoms with van der Waals surface area (Å²) in [5.41, 5.74) is 8.67. The van der Waals surface area contributed by atoms with Gasteiger partial charge in [-0.2, -0.15) is 0 Å². The molecule has 1 heterocycles. The van der Waals surface area contributed by atoms with E-state index in [0.717, 1.165) is 17.0 Å². The van der Waals surface area contributed by atoms with Gasteiger partial charge in [0.25, 0.3) is 0 Å². The first-order valence-electron chi connectivity index (χ1n) is 5.05. The standard InChI is InChI=1S/C12H12N2S2/c1-2-8-3-5-9(6-4-8)12-14-10(7-16-12)11(13)15/h3-7H,2H2,1H3,(H2,13,15). The van der Waals surface area contributed by atoms with Crippen LogP contribution in [-0.4, -0.2) is 9.97 Å². The molecule has 0 spiro atoms. The molecule has 2 nitrogen and oxygen atoms in total. The molecule has 0 aliphatic heterocycles. The van der Waals surface area contributed by atoms with Gasteiger partial charge in [-0.15, -0.1) is 11.3 Å². The predicted octanol–water partition coefficient (Wildman–Crippen LogP) is 3.01. The number of benzene rings is 1. The second kappa shape index (κ2) is 4.72. The summed E-state index contributed by atoms with van der Waals surface area (Å²) < 4.78 is 0. The maximum atomic E-state index is 5.53. The average Bonchev–Trinajstić information content (AvgIpc) is 2.78. The second-order valence-corrected chi connectivity index (χ2v) is 4.75. The Morgan fingerprint density at radius 1 is 1.38 bits per heavy atom. The fourth-order valence-corrected chi connectivity index (χ4v) is 2.41. The van der Waals surface area contributed by atoms with Gasteiger partial charge in [-0.25, -0.2) is 4.98 Å². The summed E-state index contributed by atoms with van der Waals surface area (Å²) in [6, 6.07) is 8.41. The number of nitrogens with zero attached hydrogens (tertiary/aromatic N) is 1. The van der Waals surface area contributed by atoms with Crippen molar-refractivity contribution in [2.75, 3.05) is 0 Å². The molecule has 4 heteroatoms. The van der Waals surface area contributed by atoms with Crippen LogP contribution in [0.25, 0.3) is 10.6 Å². The summed E-state index contributed by atoms with van der Waals surface area (Å²) >= 11 is 6.45. The van der Waals surface area contributed by atoms with Crippen LogP contribution < -0.4 is 5.73 Å². The van der Waals surface area contributed by atoms with Crippen molar-refractivity contribution in [1.82, 2.24) is 4.98 Å². The van der Waals surface area contributed by atoms with Crippen molar-refractivity contribution in [2.45, 2.75) is 13.3 Å². The number of hydrogen-bond acceptors (Lipinski definition) is 3.